The molecule has 384 valence electrons. The number of amides is 6. The lowest BCUT2D eigenvalue weighted by atomic mass is 9.85. The van der Waals surface area contributed by atoms with Gasteiger partial charge in [0.2, 0.25) is 29.5 Å². The molecule has 4 heterocycles. The summed E-state index contributed by atoms with van der Waals surface area (Å²) in [5.74, 6) is -1.51. The molecule has 3 atom stereocenters. The number of β-amino-alcohol motifs (C(OH)–C–C–N with tert-alkyl or cyclic N) is 1. The Kier molecular flexibility index (Phi) is 18.9. The van der Waals surface area contributed by atoms with E-state index in [0.29, 0.717) is 35.7 Å². The van der Waals surface area contributed by atoms with Gasteiger partial charge in [-0.3, -0.25) is 33.4 Å². The van der Waals surface area contributed by atoms with E-state index in [-0.39, 0.29) is 73.8 Å². The number of aliphatic hydroxyl groups excluding tert-OH is 1. The summed E-state index contributed by atoms with van der Waals surface area (Å²) in [6, 6.07) is 12.8. The minimum Gasteiger partial charge on any atom is -0.494 e. The van der Waals surface area contributed by atoms with Crippen molar-refractivity contribution in [1.82, 2.24) is 56.1 Å². The van der Waals surface area contributed by atoms with Gasteiger partial charge in [0.1, 0.15) is 18.4 Å². The third-order valence-corrected chi connectivity index (χ3v) is 13.0. The van der Waals surface area contributed by atoms with Crippen LogP contribution in [0.3, 0.4) is 0 Å². The highest BCUT2D eigenvalue weighted by Crippen LogP contribution is 2.37. The second-order valence-corrected chi connectivity index (χ2v) is 19.6. The largest absolute Gasteiger partial charge is 0.494 e. The van der Waals surface area contributed by atoms with Crippen molar-refractivity contribution in [3.05, 3.63) is 77.3 Å². The summed E-state index contributed by atoms with van der Waals surface area (Å²) in [5.41, 5.74) is 5.30. The van der Waals surface area contributed by atoms with Gasteiger partial charge in [0.15, 0.2) is 23.1 Å². The van der Waals surface area contributed by atoms with Gasteiger partial charge in [0.05, 0.1) is 52.8 Å². The van der Waals surface area contributed by atoms with Gasteiger partial charge in [-0.1, -0.05) is 76.8 Å². The number of unbranched alkanes of at least 4 members (excludes halogenated alkanes) is 5. The summed E-state index contributed by atoms with van der Waals surface area (Å²) in [5, 5.41) is 39.7. The standard InChI is InChI=1S/C50H65N13O8S/c1-30-44(72-29-55-30)32-21-19-31(20-22-32)25-53-47(68)37-23-33(64)27-63(37)49(70)45(50(2,3)4)58-40(66)18-13-11-9-8-10-12-17-39(65)52-26-41(67)57-38-24-36(42(60-59-38)48(69)51-5)56-35-16-14-15-34(43(35)71-7)46-54-28-62(6)61-46/h14-16,19-22,24,28-29,33,37,45,64H,8-13,17-18,23,25-27H2,1-7H3,(H,51,69)(H,52,65)(H,53,68)(H,58,66)(H2,56,57,59,67)/t33-,37+,45-/m1/s1. The maximum atomic E-state index is 14.0. The van der Waals surface area contributed by atoms with Crippen LogP contribution in [0.4, 0.5) is 17.2 Å². The first-order valence-corrected chi connectivity index (χ1v) is 24.8. The van der Waals surface area contributed by atoms with Crippen LogP contribution in [0.1, 0.15) is 100 Å². The van der Waals surface area contributed by atoms with Gasteiger partial charge in [-0.25, -0.2) is 9.97 Å². The number of aliphatic hydroxyl groups is 1. The fourth-order valence-electron chi connectivity index (χ4n) is 8.22. The number of hydrogen-bond donors (Lipinski definition) is 7. The second kappa shape index (κ2) is 25.2. The monoisotopic (exact) mass is 1010 g/mol. The van der Waals surface area contributed by atoms with E-state index in [9.17, 15) is 33.9 Å². The zero-order valence-electron chi connectivity index (χ0n) is 41.8. The third-order valence-electron chi connectivity index (χ3n) is 12.0. The molecule has 7 N–H and O–H groups in total. The van der Waals surface area contributed by atoms with Crippen LogP contribution in [0, 0.1) is 12.3 Å². The molecule has 72 heavy (non-hydrogen) atoms. The Bertz CT molecular complexity index is 2700. The van der Waals surface area contributed by atoms with Gasteiger partial charge in [0.25, 0.3) is 5.91 Å². The lowest BCUT2D eigenvalue weighted by Crippen LogP contribution is -2.57. The van der Waals surface area contributed by atoms with Crippen LogP contribution in [-0.2, 0) is 37.6 Å². The minimum absolute atomic E-state index is 0.00746. The number of para-hydroxylation sites is 1. The van der Waals surface area contributed by atoms with Gasteiger partial charge < -0.3 is 46.6 Å². The van der Waals surface area contributed by atoms with E-state index < -0.39 is 41.3 Å². The highest BCUT2D eigenvalue weighted by atomic mass is 32.1. The zero-order valence-corrected chi connectivity index (χ0v) is 42.7. The Labute approximate surface area is 422 Å². The molecule has 0 aliphatic carbocycles. The number of thiazole rings is 1. The number of carbonyl (C=O) groups excluding carboxylic acids is 6. The van der Waals surface area contributed by atoms with Crippen molar-refractivity contribution in [3.8, 4) is 27.6 Å². The molecule has 5 aromatic rings. The number of likely N-dealkylation sites (tertiary alicyclic amines) is 1. The molecule has 1 aliphatic rings. The van der Waals surface area contributed by atoms with Gasteiger partial charge in [0, 0.05) is 52.5 Å². The van der Waals surface area contributed by atoms with Crippen LogP contribution < -0.4 is 36.6 Å². The van der Waals surface area contributed by atoms with Crippen LogP contribution in [0.2, 0.25) is 0 Å². The number of hydrogen-bond acceptors (Lipinski definition) is 15. The molecule has 0 radical (unpaired) electrons. The molecule has 1 aliphatic heterocycles. The van der Waals surface area contributed by atoms with Gasteiger partial charge in [-0.15, -0.1) is 21.5 Å². The fraction of sp³-hybridized carbons (Fsp3) is 0.460. The van der Waals surface area contributed by atoms with Crippen molar-refractivity contribution in [2.45, 2.75) is 110 Å². The molecule has 22 heteroatoms. The Morgan fingerprint density at radius 3 is 2.24 bits per heavy atom. The van der Waals surface area contributed by atoms with Crippen LogP contribution in [0.15, 0.2) is 60.4 Å². The maximum Gasteiger partial charge on any atom is 0.273 e. The Balaban J connectivity index is 0.882. The van der Waals surface area contributed by atoms with Gasteiger partial charge in [-0.05, 0) is 48.4 Å². The number of rotatable bonds is 23. The summed E-state index contributed by atoms with van der Waals surface area (Å²) >= 11 is 1.57. The molecule has 0 unspecified atom stereocenters. The molecule has 0 saturated carbocycles. The number of nitrogens with zero attached hydrogens (tertiary/aromatic N) is 7. The van der Waals surface area contributed by atoms with E-state index >= 15 is 0 Å². The summed E-state index contributed by atoms with van der Waals surface area (Å²) < 4.78 is 7.25. The molecule has 3 aromatic heterocycles. The topological polar surface area (TPSA) is 277 Å². The lowest BCUT2D eigenvalue weighted by molar-refractivity contribution is -0.144. The Hall–Kier alpha value is -7.33. The first kappa shape index (κ1) is 54.0. The maximum absolute atomic E-state index is 14.0. The zero-order chi connectivity index (χ0) is 52.0. The predicted molar refractivity (Wildman–Crippen MR) is 272 cm³/mol. The highest BCUT2D eigenvalue weighted by Gasteiger charge is 2.44. The Morgan fingerprint density at radius 2 is 1.60 bits per heavy atom. The molecule has 6 amide bonds. The van der Waals surface area contributed by atoms with Crippen molar-refractivity contribution >= 4 is 64.0 Å². The molecule has 1 saturated heterocycles. The number of carbonyl (C=O) groups is 6. The molecule has 2 aromatic carbocycles. The van der Waals surface area contributed by atoms with Crippen molar-refractivity contribution in [2.24, 2.45) is 12.5 Å². The number of ether oxygens (including phenoxy) is 1. The van der Waals surface area contributed by atoms with Gasteiger partial charge in [-0.2, -0.15) is 5.10 Å². The number of aromatic nitrogens is 6. The summed E-state index contributed by atoms with van der Waals surface area (Å²) in [6.45, 7) is 7.46. The quantitative estimate of drug-likeness (QED) is 0.0433. The first-order chi connectivity index (χ1) is 34.4. The average Bonchev–Trinajstić information content (AvgIpc) is 4.11. The van der Waals surface area contributed by atoms with Crippen molar-refractivity contribution in [2.75, 3.05) is 37.9 Å². The summed E-state index contributed by atoms with van der Waals surface area (Å²) in [6.07, 6.45) is 5.67. The number of aryl methyl sites for hydroxylation is 2. The summed E-state index contributed by atoms with van der Waals surface area (Å²) in [4.78, 5) is 89.9. The van der Waals surface area contributed by atoms with E-state index in [1.807, 2.05) is 57.5 Å². The number of methoxy groups -OCH3 is 1. The normalized spacial score (nSPS) is 14.8. The van der Waals surface area contributed by atoms with Crippen LogP contribution in [0.25, 0.3) is 21.8 Å². The van der Waals surface area contributed by atoms with E-state index in [1.165, 1.54) is 25.1 Å². The number of benzene rings is 2. The van der Waals surface area contributed by atoms with Crippen LogP contribution >= 0.6 is 11.3 Å². The van der Waals surface area contributed by atoms with Crippen LogP contribution in [0.5, 0.6) is 5.75 Å². The molecular weight excluding hydrogens is 943 g/mol. The average molecular weight is 1010 g/mol. The summed E-state index contributed by atoms with van der Waals surface area (Å²) in [7, 11) is 4.70. The molecule has 21 nitrogen and oxygen atoms in total. The SMILES string of the molecule is CNC(=O)c1nnc(NC(=O)CNC(=O)CCCCCCCCC(=O)N[C@H](C(=O)N2C[C@H](O)C[C@H]2C(=O)NCc2ccc(-c3scnc3C)cc2)C(C)(C)C)cc1Nc1cccc(-c2ncn(C)n2)c1OC. The van der Waals surface area contributed by atoms with Gasteiger partial charge >= 0.3 is 0 Å². The van der Waals surface area contributed by atoms with Crippen LogP contribution in [-0.4, -0.2) is 121 Å². The lowest BCUT2D eigenvalue weighted by Gasteiger charge is -2.35. The second-order valence-electron chi connectivity index (χ2n) is 18.7. The first-order valence-electron chi connectivity index (χ1n) is 24.0. The predicted octanol–water partition coefficient (Wildman–Crippen LogP) is 4.80. The van der Waals surface area contributed by atoms with E-state index in [2.05, 4.69) is 57.2 Å². The third kappa shape index (κ3) is 14.6. The highest BCUT2D eigenvalue weighted by molar-refractivity contribution is 7.13. The fourth-order valence-corrected chi connectivity index (χ4v) is 9.03. The Morgan fingerprint density at radius 1 is 0.889 bits per heavy atom. The molecular formula is C50H65N13O8S. The van der Waals surface area contributed by atoms with E-state index in [0.717, 1.165) is 47.4 Å². The molecule has 1 fully saturated rings. The number of nitrogens with one attached hydrogen (secondary N) is 6. The van der Waals surface area contributed by atoms with Crippen molar-refractivity contribution in [1.29, 1.82) is 0 Å². The van der Waals surface area contributed by atoms with Crippen molar-refractivity contribution in [3.63, 3.8) is 0 Å². The van der Waals surface area contributed by atoms with E-state index in [1.54, 1.807) is 47.6 Å². The van der Waals surface area contributed by atoms with E-state index in [4.69, 9.17) is 4.74 Å². The molecule has 0 bridgehead atoms. The smallest absolute Gasteiger partial charge is 0.273 e. The number of anilines is 3. The van der Waals surface area contributed by atoms with Crippen molar-refractivity contribution < 1.29 is 38.6 Å². The molecule has 6 rings (SSSR count). The molecule has 0 spiro atoms. The minimum atomic E-state index is -0.910.